The first-order valence-corrected chi connectivity index (χ1v) is 4.20. The molecular weight excluding hydrogens is 160 g/mol. The smallest absolute Gasteiger partial charge is 0.132 e. The minimum Gasteiger partial charge on any atom is -0.336 e. The highest BCUT2D eigenvalue weighted by Gasteiger charge is 1.84. The normalized spacial score (nSPS) is 13.1. The van der Waals surface area contributed by atoms with E-state index in [0.717, 1.165) is 11.2 Å². The molecule has 0 amide bonds. The highest BCUT2D eigenvalue weighted by atomic mass is 15.0. The molecule has 0 N–H and O–H groups in total. The van der Waals surface area contributed by atoms with Gasteiger partial charge >= 0.3 is 0 Å². The number of pyridine rings is 1. The monoisotopic (exact) mass is 174 g/mol. The molecule has 2 nitrogen and oxygen atoms in total. The molecule has 13 heavy (non-hydrogen) atoms. The van der Waals surface area contributed by atoms with Gasteiger partial charge in [-0.15, -0.1) is 0 Å². The van der Waals surface area contributed by atoms with Crippen LogP contribution >= 0.6 is 0 Å². The Bertz CT molecular complexity index is 383. The first-order chi connectivity index (χ1) is 6.24. The van der Waals surface area contributed by atoms with Crippen molar-refractivity contribution in [2.24, 2.45) is 12.0 Å². The summed E-state index contributed by atoms with van der Waals surface area (Å²) in [6, 6.07) is 5.92. The molecule has 68 valence electrons. The SMILES string of the molecule is C=C/C=C(/C)N=c1ccccn1C. The van der Waals surface area contributed by atoms with Crippen LogP contribution in [-0.4, -0.2) is 4.57 Å². The number of nitrogens with zero attached hydrogens (tertiary/aromatic N) is 2. The Morgan fingerprint density at radius 3 is 2.92 bits per heavy atom. The molecule has 0 aliphatic heterocycles. The summed E-state index contributed by atoms with van der Waals surface area (Å²) in [6.45, 7) is 5.57. The first-order valence-electron chi connectivity index (χ1n) is 4.20. The number of rotatable bonds is 2. The molecule has 0 spiro atoms. The van der Waals surface area contributed by atoms with Crippen molar-refractivity contribution < 1.29 is 0 Å². The molecule has 1 rings (SSSR count). The van der Waals surface area contributed by atoms with E-state index in [2.05, 4.69) is 11.6 Å². The van der Waals surface area contributed by atoms with Gasteiger partial charge in [-0.3, -0.25) is 0 Å². The van der Waals surface area contributed by atoms with Crippen molar-refractivity contribution >= 4 is 0 Å². The zero-order valence-electron chi connectivity index (χ0n) is 8.07. The molecule has 1 heterocycles. The maximum Gasteiger partial charge on any atom is 0.132 e. The van der Waals surface area contributed by atoms with Gasteiger partial charge in [-0.25, -0.2) is 4.99 Å². The van der Waals surface area contributed by atoms with E-state index >= 15 is 0 Å². The molecule has 1 aromatic heterocycles. The lowest BCUT2D eigenvalue weighted by molar-refractivity contribution is 0.827. The van der Waals surface area contributed by atoms with Crippen LogP contribution in [0.1, 0.15) is 6.92 Å². The third-order valence-corrected chi connectivity index (χ3v) is 1.68. The predicted molar refractivity (Wildman–Crippen MR) is 54.9 cm³/mol. The van der Waals surface area contributed by atoms with Gasteiger partial charge in [0, 0.05) is 18.9 Å². The van der Waals surface area contributed by atoms with Crippen LogP contribution < -0.4 is 5.49 Å². The van der Waals surface area contributed by atoms with Gasteiger partial charge in [-0.1, -0.05) is 18.7 Å². The van der Waals surface area contributed by atoms with E-state index in [-0.39, 0.29) is 0 Å². The lowest BCUT2D eigenvalue weighted by atomic mass is 10.4. The van der Waals surface area contributed by atoms with Crippen LogP contribution in [0, 0.1) is 0 Å². The lowest BCUT2D eigenvalue weighted by Gasteiger charge is -1.97. The zero-order valence-corrected chi connectivity index (χ0v) is 8.07. The topological polar surface area (TPSA) is 17.3 Å². The number of allylic oxidation sites excluding steroid dienone is 3. The standard InChI is InChI=1S/C11H14N2/c1-4-7-10(2)12-11-8-5-6-9-13(11)3/h4-9H,1H2,2-3H3/b10-7-,12-11?. The predicted octanol–water partition coefficient (Wildman–Crippen LogP) is 2.02. The van der Waals surface area contributed by atoms with Crippen LogP contribution in [0.4, 0.5) is 0 Å². The molecular formula is C11H14N2. The summed E-state index contributed by atoms with van der Waals surface area (Å²) in [7, 11) is 1.97. The second-order valence-electron chi connectivity index (χ2n) is 2.83. The maximum absolute atomic E-state index is 4.40. The molecule has 0 saturated heterocycles. The Balaban J connectivity index is 3.14. The van der Waals surface area contributed by atoms with Crippen molar-refractivity contribution in [1.29, 1.82) is 0 Å². The Kier molecular flexibility index (Phi) is 3.26. The van der Waals surface area contributed by atoms with Crippen molar-refractivity contribution in [3.8, 4) is 0 Å². The molecule has 0 aromatic carbocycles. The van der Waals surface area contributed by atoms with Gasteiger partial charge in [0.05, 0.1) is 0 Å². The molecule has 0 aliphatic carbocycles. The summed E-state index contributed by atoms with van der Waals surface area (Å²) < 4.78 is 1.97. The number of aromatic nitrogens is 1. The van der Waals surface area contributed by atoms with E-state index in [9.17, 15) is 0 Å². The van der Waals surface area contributed by atoms with Crippen molar-refractivity contribution in [3.05, 3.63) is 54.3 Å². The third kappa shape index (κ3) is 2.75. The van der Waals surface area contributed by atoms with E-state index in [1.807, 2.05) is 49.0 Å². The summed E-state index contributed by atoms with van der Waals surface area (Å²) in [5.74, 6) is 0. The minimum atomic E-state index is 0.943. The van der Waals surface area contributed by atoms with E-state index < -0.39 is 0 Å². The molecule has 0 radical (unpaired) electrons. The summed E-state index contributed by atoms with van der Waals surface area (Å²) in [4.78, 5) is 4.40. The summed E-state index contributed by atoms with van der Waals surface area (Å²) in [5, 5.41) is 0. The van der Waals surface area contributed by atoms with Crippen LogP contribution in [0.15, 0.2) is 53.8 Å². The molecule has 0 fully saturated rings. The molecule has 2 heteroatoms. The van der Waals surface area contributed by atoms with Crippen molar-refractivity contribution in [2.75, 3.05) is 0 Å². The van der Waals surface area contributed by atoms with Crippen LogP contribution in [0.3, 0.4) is 0 Å². The maximum atomic E-state index is 4.40. The van der Waals surface area contributed by atoms with Crippen molar-refractivity contribution in [1.82, 2.24) is 4.57 Å². The molecule has 1 aromatic rings. The number of hydrogen-bond donors (Lipinski definition) is 0. The molecule has 0 unspecified atom stereocenters. The average molecular weight is 174 g/mol. The Labute approximate surface area is 78.6 Å². The Morgan fingerprint density at radius 1 is 1.54 bits per heavy atom. The second kappa shape index (κ2) is 4.45. The minimum absolute atomic E-state index is 0.943. The van der Waals surface area contributed by atoms with Crippen LogP contribution in [-0.2, 0) is 7.05 Å². The van der Waals surface area contributed by atoms with Gasteiger partial charge in [-0.05, 0) is 25.1 Å². The van der Waals surface area contributed by atoms with Gasteiger partial charge in [-0.2, -0.15) is 0 Å². The van der Waals surface area contributed by atoms with Crippen LogP contribution in [0.2, 0.25) is 0 Å². The second-order valence-corrected chi connectivity index (χ2v) is 2.83. The summed E-state index contributed by atoms with van der Waals surface area (Å²) in [5.41, 5.74) is 1.90. The highest BCUT2D eigenvalue weighted by molar-refractivity contribution is 5.07. The number of hydrogen-bond acceptors (Lipinski definition) is 1. The summed E-state index contributed by atoms with van der Waals surface area (Å²) in [6.07, 6.45) is 5.59. The first kappa shape index (κ1) is 9.52. The summed E-state index contributed by atoms with van der Waals surface area (Å²) >= 11 is 0. The molecule has 0 atom stereocenters. The van der Waals surface area contributed by atoms with Gasteiger partial charge in [0.1, 0.15) is 5.49 Å². The lowest BCUT2D eigenvalue weighted by Crippen LogP contribution is -2.15. The van der Waals surface area contributed by atoms with Gasteiger partial charge < -0.3 is 4.57 Å². The average Bonchev–Trinajstić information content (AvgIpc) is 2.09. The van der Waals surface area contributed by atoms with Crippen LogP contribution in [0.25, 0.3) is 0 Å². The Morgan fingerprint density at radius 2 is 2.31 bits per heavy atom. The quantitative estimate of drug-likeness (QED) is 0.610. The number of aryl methyl sites for hydroxylation is 1. The fourth-order valence-corrected chi connectivity index (χ4v) is 1.02. The van der Waals surface area contributed by atoms with Gasteiger partial charge in [0.25, 0.3) is 0 Å². The Hall–Kier alpha value is -1.57. The largest absolute Gasteiger partial charge is 0.336 e. The highest BCUT2D eigenvalue weighted by Crippen LogP contribution is 1.91. The zero-order chi connectivity index (χ0) is 9.68. The molecule has 0 aliphatic rings. The van der Waals surface area contributed by atoms with Crippen LogP contribution in [0.5, 0.6) is 0 Å². The van der Waals surface area contributed by atoms with Crippen molar-refractivity contribution in [2.45, 2.75) is 6.92 Å². The van der Waals surface area contributed by atoms with E-state index in [1.165, 1.54) is 0 Å². The molecule has 0 saturated carbocycles. The fraction of sp³-hybridized carbons (Fsp3) is 0.182. The van der Waals surface area contributed by atoms with E-state index in [1.54, 1.807) is 6.08 Å². The molecule has 0 bridgehead atoms. The fourth-order valence-electron chi connectivity index (χ4n) is 1.02. The van der Waals surface area contributed by atoms with Crippen molar-refractivity contribution in [3.63, 3.8) is 0 Å². The van der Waals surface area contributed by atoms with E-state index in [4.69, 9.17) is 0 Å². The van der Waals surface area contributed by atoms with E-state index in [0.29, 0.717) is 0 Å². The third-order valence-electron chi connectivity index (χ3n) is 1.68. The van der Waals surface area contributed by atoms with Gasteiger partial charge in [0.2, 0.25) is 0 Å². The van der Waals surface area contributed by atoms with Gasteiger partial charge in [0.15, 0.2) is 0 Å².